The van der Waals surface area contributed by atoms with Crippen LogP contribution in [0.25, 0.3) is 0 Å². The molecule has 2 rings (SSSR count). The summed E-state index contributed by atoms with van der Waals surface area (Å²) in [6, 6.07) is 9.91. The highest BCUT2D eigenvalue weighted by molar-refractivity contribution is 9.10. The number of rotatable bonds is 3. The summed E-state index contributed by atoms with van der Waals surface area (Å²) in [5, 5.41) is 0. The maximum Gasteiger partial charge on any atom is 0.266 e. The van der Waals surface area contributed by atoms with Gasteiger partial charge in [0.1, 0.15) is 10.7 Å². The van der Waals surface area contributed by atoms with Gasteiger partial charge in [-0.05, 0) is 36.4 Å². The number of anilines is 2. The minimum absolute atomic E-state index is 0.0290. The lowest BCUT2D eigenvalue weighted by atomic mass is 10.3. The van der Waals surface area contributed by atoms with Crippen molar-refractivity contribution in [2.45, 2.75) is 4.90 Å². The Bertz CT molecular complexity index is 750. The zero-order valence-corrected chi connectivity index (χ0v) is 12.9. The van der Waals surface area contributed by atoms with Crippen molar-refractivity contribution >= 4 is 37.3 Å². The molecular weight excluding hydrogens is 347 g/mol. The van der Waals surface area contributed by atoms with Gasteiger partial charge in [-0.25, -0.2) is 12.8 Å². The molecule has 0 atom stereocenters. The Labute approximate surface area is 125 Å². The molecule has 2 aromatic rings. The van der Waals surface area contributed by atoms with Gasteiger partial charge in [-0.15, -0.1) is 0 Å². The fraction of sp³-hybridized carbons (Fsp3) is 0.0769. The zero-order valence-electron chi connectivity index (χ0n) is 10.5. The van der Waals surface area contributed by atoms with Crippen molar-refractivity contribution in [2.75, 3.05) is 17.1 Å². The van der Waals surface area contributed by atoms with Gasteiger partial charge in [-0.1, -0.05) is 22.0 Å². The largest absolute Gasteiger partial charge is 0.398 e. The van der Waals surface area contributed by atoms with Crippen molar-refractivity contribution in [3.05, 3.63) is 52.8 Å². The lowest BCUT2D eigenvalue weighted by Crippen LogP contribution is -2.27. The third-order valence-electron chi connectivity index (χ3n) is 2.79. The van der Waals surface area contributed by atoms with Gasteiger partial charge >= 0.3 is 0 Å². The number of nitrogens with zero attached hydrogens (tertiary/aromatic N) is 1. The van der Waals surface area contributed by atoms with E-state index in [-0.39, 0.29) is 16.3 Å². The van der Waals surface area contributed by atoms with Crippen LogP contribution in [0, 0.1) is 5.82 Å². The molecule has 0 unspecified atom stereocenters. The minimum atomic E-state index is -3.85. The Morgan fingerprint density at radius 2 is 1.90 bits per heavy atom. The number of nitrogens with two attached hydrogens (primary N) is 1. The van der Waals surface area contributed by atoms with E-state index >= 15 is 0 Å². The molecule has 0 aliphatic rings. The molecule has 20 heavy (non-hydrogen) atoms. The molecule has 7 heteroatoms. The van der Waals surface area contributed by atoms with Gasteiger partial charge in [-0.2, -0.15) is 0 Å². The standard InChI is InChI=1S/C13H12BrFN2O2S/c1-17(11-4-2-3-10(15)8-11)20(18,19)13-7-9(14)5-6-12(13)16/h2-8H,16H2,1H3. The fourth-order valence-electron chi connectivity index (χ4n) is 1.69. The van der Waals surface area contributed by atoms with Crippen molar-refractivity contribution in [3.8, 4) is 0 Å². The Kier molecular flexibility index (Phi) is 4.01. The summed E-state index contributed by atoms with van der Waals surface area (Å²) >= 11 is 3.21. The maximum absolute atomic E-state index is 13.2. The number of halogens is 2. The molecule has 0 aliphatic heterocycles. The number of hydrogen-bond acceptors (Lipinski definition) is 3. The van der Waals surface area contributed by atoms with Gasteiger partial charge in [0, 0.05) is 11.5 Å². The molecule has 0 amide bonds. The van der Waals surface area contributed by atoms with E-state index in [4.69, 9.17) is 5.73 Å². The van der Waals surface area contributed by atoms with Crippen molar-refractivity contribution < 1.29 is 12.8 Å². The molecule has 2 N–H and O–H groups in total. The van der Waals surface area contributed by atoms with Crippen LogP contribution in [-0.4, -0.2) is 15.5 Å². The zero-order chi connectivity index (χ0) is 14.9. The maximum atomic E-state index is 13.2. The number of benzene rings is 2. The van der Waals surface area contributed by atoms with Gasteiger partial charge < -0.3 is 5.73 Å². The van der Waals surface area contributed by atoms with Crippen LogP contribution in [0.15, 0.2) is 51.8 Å². The first-order valence-corrected chi connectivity index (χ1v) is 7.85. The van der Waals surface area contributed by atoms with E-state index in [9.17, 15) is 12.8 Å². The third-order valence-corrected chi connectivity index (χ3v) is 5.12. The molecule has 0 radical (unpaired) electrons. The van der Waals surface area contributed by atoms with E-state index < -0.39 is 15.8 Å². The molecule has 0 bridgehead atoms. The number of nitrogen functional groups attached to an aromatic ring is 1. The quantitative estimate of drug-likeness (QED) is 0.857. The molecule has 4 nitrogen and oxygen atoms in total. The van der Waals surface area contributed by atoms with Gasteiger partial charge in [0.15, 0.2) is 0 Å². The van der Waals surface area contributed by atoms with Crippen LogP contribution in [0.4, 0.5) is 15.8 Å². The van der Waals surface area contributed by atoms with E-state index in [1.807, 2.05) is 0 Å². The predicted molar refractivity (Wildman–Crippen MR) is 80.5 cm³/mol. The monoisotopic (exact) mass is 358 g/mol. The molecule has 0 spiro atoms. The second kappa shape index (κ2) is 5.41. The Balaban J connectivity index is 2.52. The van der Waals surface area contributed by atoms with E-state index in [2.05, 4.69) is 15.9 Å². The van der Waals surface area contributed by atoms with E-state index in [1.54, 1.807) is 6.07 Å². The first kappa shape index (κ1) is 14.8. The van der Waals surface area contributed by atoms with Gasteiger partial charge in [0.25, 0.3) is 10.0 Å². The molecule has 0 aliphatic carbocycles. The SMILES string of the molecule is CN(c1cccc(F)c1)S(=O)(=O)c1cc(Br)ccc1N. The molecule has 0 aromatic heterocycles. The Morgan fingerprint density at radius 1 is 1.20 bits per heavy atom. The average Bonchev–Trinajstić information content (AvgIpc) is 2.40. The Morgan fingerprint density at radius 3 is 2.55 bits per heavy atom. The summed E-state index contributed by atoms with van der Waals surface area (Å²) in [5.74, 6) is -0.508. The van der Waals surface area contributed by atoms with Crippen molar-refractivity contribution in [1.82, 2.24) is 0 Å². The van der Waals surface area contributed by atoms with E-state index in [0.29, 0.717) is 4.47 Å². The summed E-state index contributed by atoms with van der Waals surface area (Å²) < 4.78 is 39.8. The van der Waals surface area contributed by atoms with Crippen LogP contribution < -0.4 is 10.0 Å². The van der Waals surface area contributed by atoms with Crippen molar-refractivity contribution in [3.63, 3.8) is 0 Å². The molecule has 0 saturated heterocycles. The average molecular weight is 359 g/mol. The van der Waals surface area contributed by atoms with E-state index in [1.165, 1.54) is 37.4 Å². The summed E-state index contributed by atoms with van der Waals surface area (Å²) in [7, 11) is -2.50. The highest BCUT2D eigenvalue weighted by Crippen LogP contribution is 2.28. The molecule has 0 heterocycles. The number of hydrogen-bond donors (Lipinski definition) is 1. The first-order valence-electron chi connectivity index (χ1n) is 5.62. The number of sulfonamides is 1. The van der Waals surface area contributed by atoms with Crippen LogP contribution in [0.5, 0.6) is 0 Å². The van der Waals surface area contributed by atoms with Crippen LogP contribution in [0.3, 0.4) is 0 Å². The summed E-state index contributed by atoms with van der Waals surface area (Å²) in [6.45, 7) is 0. The van der Waals surface area contributed by atoms with Crippen molar-refractivity contribution in [2.24, 2.45) is 0 Å². The predicted octanol–water partition coefficient (Wildman–Crippen LogP) is 3.00. The lowest BCUT2D eigenvalue weighted by Gasteiger charge is -2.20. The third kappa shape index (κ3) is 2.78. The van der Waals surface area contributed by atoms with Crippen LogP contribution in [-0.2, 0) is 10.0 Å². The van der Waals surface area contributed by atoms with Crippen LogP contribution in [0.2, 0.25) is 0 Å². The fourth-order valence-corrected chi connectivity index (χ4v) is 3.53. The highest BCUT2D eigenvalue weighted by atomic mass is 79.9. The molecule has 106 valence electrons. The molecule has 0 saturated carbocycles. The topological polar surface area (TPSA) is 63.4 Å². The normalized spacial score (nSPS) is 11.3. The summed E-state index contributed by atoms with van der Waals surface area (Å²) in [6.07, 6.45) is 0. The summed E-state index contributed by atoms with van der Waals surface area (Å²) in [5.41, 5.74) is 6.08. The second-order valence-corrected chi connectivity index (χ2v) is 6.99. The second-order valence-electron chi connectivity index (χ2n) is 4.13. The molecular formula is C13H12BrFN2O2S. The lowest BCUT2D eigenvalue weighted by molar-refractivity contribution is 0.594. The van der Waals surface area contributed by atoms with Gasteiger partial charge in [0.05, 0.1) is 11.4 Å². The van der Waals surface area contributed by atoms with Gasteiger partial charge in [-0.3, -0.25) is 4.31 Å². The van der Waals surface area contributed by atoms with Crippen LogP contribution in [0.1, 0.15) is 0 Å². The van der Waals surface area contributed by atoms with E-state index in [0.717, 1.165) is 10.4 Å². The Hall–Kier alpha value is -1.60. The highest BCUT2D eigenvalue weighted by Gasteiger charge is 2.24. The smallest absolute Gasteiger partial charge is 0.266 e. The van der Waals surface area contributed by atoms with Crippen molar-refractivity contribution in [1.29, 1.82) is 0 Å². The molecule has 0 fully saturated rings. The summed E-state index contributed by atoms with van der Waals surface area (Å²) in [4.78, 5) is -0.0290. The van der Waals surface area contributed by atoms with Gasteiger partial charge in [0.2, 0.25) is 0 Å². The molecule has 2 aromatic carbocycles. The van der Waals surface area contributed by atoms with Crippen LogP contribution >= 0.6 is 15.9 Å². The first-order chi connectivity index (χ1) is 9.32. The minimum Gasteiger partial charge on any atom is -0.398 e.